The molecule has 0 unspecified atom stereocenters. The number of anilines is 1. The number of rotatable bonds is 4. The molecule has 29 heavy (non-hydrogen) atoms. The molecule has 2 aromatic rings. The van der Waals surface area contributed by atoms with E-state index in [9.17, 15) is 4.79 Å². The minimum absolute atomic E-state index is 0.0344. The van der Waals surface area contributed by atoms with E-state index < -0.39 is 0 Å². The van der Waals surface area contributed by atoms with Crippen molar-refractivity contribution >= 4 is 11.6 Å². The number of nitrogens with zero attached hydrogens (tertiary/aromatic N) is 2. The molecule has 2 heterocycles. The first-order valence-electron chi connectivity index (χ1n) is 11.1. The molecule has 1 amide bonds. The summed E-state index contributed by atoms with van der Waals surface area (Å²) in [6.45, 7) is 12.5. The van der Waals surface area contributed by atoms with Crippen LogP contribution in [-0.2, 0) is 16.8 Å². The van der Waals surface area contributed by atoms with E-state index in [1.54, 1.807) is 0 Å². The standard InChI is InChI=1S/C26H34N2O/c1-19(2)22-11-9-21(10-12-22)17-27-15-13-26(14-16-27)18-28(25(29)20(3)4)24-8-6-5-7-23(24)26/h5-12,19-20H,13-18H2,1-4H3. The molecule has 0 atom stereocenters. The maximum atomic E-state index is 12.8. The van der Waals surface area contributed by atoms with Gasteiger partial charge in [-0.25, -0.2) is 0 Å². The smallest absolute Gasteiger partial charge is 0.229 e. The molecule has 2 aliphatic rings. The van der Waals surface area contributed by atoms with Crippen LogP contribution in [0.5, 0.6) is 0 Å². The Hall–Kier alpha value is -2.13. The predicted octanol–water partition coefficient (Wildman–Crippen LogP) is 5.35. The second-order valence-electron chi connectivity index (χ2n) is 9.55. The molecule has 3 heteroatoms. The molecule has 1 saturated heterocycles. The Balaban J connectivity index is 1.46. The molecule has 2 aliphatic heterocycles. The van der Waals surface area contributed by atoms with Crippen LogP contribution < -0.4 is 4.90 Å². The van der Waals surface area contributed by atoms with Crippen molar-refractivity contribution in [1.29, 1.82) is 0 Å². The number of likely N-dealkylation sites (tertiary alicyclic amines) is 1. The van der Waals surface area contributed by atoms with Crippen LogP contribution in [-0.4, -0.2) is 30.4 Å². The third-order valence-corrected chi connectivity index (χ3v) is 6.85. The van der Waals surface area contributed by atoms with Crippen molar-refractivity contribution in [1.82, 2.24) is 4.90 Å². The largest absolute Gasteiger partial charge is 0.311 e. The number of carbonyl (C=O) groups is 1. The van der Waals surface area contributed by atoms with Gasteiger partial charge >= 0.3 is 0 Å². The summed E-state index contributed by atoms with van der Waals surface area (Å²) < 4.78 is 0. The first kappa shape index (κ1) is 20.2. The quantitative estimate of drug-likeness (QED) is 0.703. The topological polar surface area (TPSA) is 23.6 Å². The highest BCUT2D eigenvalue weighted by atomic mass is 16.2. The van der Waals surface area contributed by atoms with Gasteiger partial charge in [0, 0.05) is 30.1 Å². The van der Waals surface area contributed by atoms with Crippen LogP contribution >= 0.6 is 0 Å². The minimum Gasteiger partial charge on any atom is -0.311 e. The number of hydrogen-bond acceptors (Lipinski definition) is 2. The number of fused-ring (bicyclic) bond motifs is 2. The van der Waals surface area contributed by atoms with Crippen LogP contribution in [0, 0.1) is 5.92 Å². The Morgan fingerprint density at radius 3 is 2.24 bits per heavy atom. The lowest BCUT2D eigenvalue weighted by Crippen LogP contribution is -2.46. The van der Waals surface area contributed by atoms with Gasteiger partial charge in [-0.15, -0.1) is 0 Å². The number of benzene rings is 2. The van der Waals surface area contributed by atoms with Gasteiger partial charge in [-0.2, -0.15) is 0 Å². The molecule has 1 spiro atoms. The highest BCUT2D eigenvalue weighted by Gasteiger charge is 2.46. The van der Waals surface area contributed by atoms with Crippen molar-refractivity contribution in [3.63, 3.8) is 0 Å². The zero-order chi connectivity index (χ0) is 20.6. The Bertz CT molecular complexity index is 861. The summed E-state index contributed by atoms with van der Waals surface area (Å²) in [7, 11) is 0. The van der Waals surface area contributed by atoms with E-state index in [4.69, 9.17) is 0 Å². The van der Waals surface area contributed by atoms with E-state index in [0.717, 1.165) is 44.7 Å². The summed E-state index contributed by atoms with van der Waals surface area (Å²) in [4.78, 5) is 17.5. The monoisotopic (exact) mass is 390 g/mol. The van der Waals surface area contributed by atoms with Crippen molar-refractivity contribution < 1.29 is 4.79 Å². The molecule has 3 nitrogen and oxygen atoms in total. The summed E-state index contributed by atoms with van der Waals surface area (Å²) in [6.07, 6.45) is 2.24. The van der Waals surface area contributed by atoms with Gasteiger partial charge in [-0.05, 0) is 54.6 Å². The van der Waals surface area contributed by atoms with E-state index in [1.165, 1.54) is 16.7 Å². The lowest BCUT2D eigenvalue weighted by Gasteiger charge is -2.40. The van der Waals surface area contributed by atoms with Gasteiger partial charge in [0.25, 0.3) is 0 Å². The molecule has 0 bridgehead atoms. The maximum Gasteiger partial charge on any atom is 0.229 e. The molecule has 0 saturated carbocycles. The molecular formula is C26H34N2O. The van der Waals surface area contributed by atoms with Gasteiger partial charge in [0.05, 0.1) is 0 Å². The second kappa shape index (κ2) is 7.95. The van der Waals surface area contributed by atoms with Crippen LogP contribution in [0.1, 0.15) is 63.1 Å². The molecule has 4 rings (SSSR count). The molecule has 0 aromatic heterocycles. The summed E-state index contributed by atoms with van der Waals surface area (Å²) in [5.41, 5.74) is 5.45. The van der Waals surface area contributed by atoms with Crippen LogP contribution in [0.2, 0.25) is 0 Å². The number of carbonyl (C=O) groups excluding carboxylic acids is 1. The molecule has 0 N–H and O–H groups in total. The van der Waals surface area contributed by atoms with E-state index in [1.807, 2.05) is 13.8 Å². The Morgan fingerprint density at radius 2 is 1.62 bits per heavy atom. The van der Waals surface area contributed by atoms with Crippen LogP contribution in [0.25, 0.3) is 0 Å². The average Bonchev–Trinajstić information content (AvgIpc) is 3.04. The van der Waals surface area contributed by atoms with Crippen molar-refractivity contribution in [2.45, 2.75) is 58.4 Å². The van der Waals surface area contributed by atoms with Gasteiger partial charge in [-0.1, -0.05) is 70.2 Å². The van der Waals surface area contributed by atoms with E-state index in [2.05, 4.69) is 72.2 Å². The van der Waals surface area contributed by atoms with Gasteiger partial charge in [-0.3, -0.25) is 9.69 Å². The number of amides is 1. The van der Waals surface area contributed by atoms with Gasteiger partial charge in [0.1, 0.15) is 0 Å². The van der Waals surface area contributed by atoms with Crippen LogP contribution in [0.15, 0.2) is 48.5 Å². The van der Waals surface area contributed by atoms with Gasteiger partial charge in [0.15, 0.2) is 0 Å². The zero-order valence-corrected chi connectivity index (χ0v) is 18.3. The third-order valence-electron chi connectivity index (χ3n) is 6.85. The first-order valence-corrected chi connectivity index (χ1v) is 11.1. The van der Waals surface area contributed by atoms with Gasteiger partial charge in [0.2, 0.25) is 5.91 Å². The molecule has 0 aliphatic carbocycles. The number of hydrogen-bond donors (Lipinski definition) is 0. The van der Waals surface area contributed by atoms with Crippen molar-refractivity contribution in [2.75, 3.05) is 24.5 Å². The normalized spacial score (nSPS) is 18.6. The second-order valence-corrected chi connectivity index (χ2v) is 9.55. The summed E-state index contributed by atoms with van der Waals surface area (Å²) in [6, 6.07) is 17.7. The Labute approximate surface area is 175 Å². The molecular weight excluding hydrogens is 356 g/mol. The number of para-hydroxylation sites is 1. The summed E-state index contributed by atoms with van der Waals surface area (Å²) >= 11 is 0. The zero-order valence-electron chi connectivity index (χ0n) is 18.3. The fourth-order valence-corrected chi connectivity index (χ4v) is 4.97. The summed E-state index contributed by atoms with van der Waals surface area (Å²) in [5, 5.41) is 0. The van der Waals surface area contributed by atoms with Crippen LogP contribution in [0.4, 0.5) is 5.69 Å². The van der Waals surface area contributed by atoms with E-state index in [-0.39, 0.29) is 17.2 Å². The Morgan fingerprint density at radius 1 is 0.966 bits per heavy atom. The third kappa shape index (κ3) is 3.85. The van der Waals surface area contributed by atoms with E-state index >= 15 is 0 Å². The first-order chi connectivity index (χ1) is 13.9. The fraction of sp³-hybridized carbons (Fsp3) is 0.500. The van der Waals surface area contributed by atoms with Crippen molar-refractivity contribution in [3.8, 4) is 0 Å². The predicted molar refractivity (Wildman–Crippen MR) is 120 cm³/mol. The fourth-order valence-electron chi connectivity index (χ4n) is 4.97. The van der Waals surface area contributed by atoms with Crippen LogP contribution in [0.3, 0.4) is 0 Å². The molecule has 0 radical (unpaired) electrons. The highest BCUT2D eigenvalue weighted by molar-refractivity contribution is 5.97. The molecule has 1 fully saturated rings. The minimum atomic E-state index is 0.0344. The molecule has 2 aromatic carbocycles. The lowest BCUT2D eigenvalue weighted by atomic mass is 9.74. The SMILES string of the molecule is CC(C)C(=O)N1CC2(CCN(Cc3ccc(C(C)C)cc3)CC2)c2ccccc21. The molecule has 154 valence electrons. The lowest BCUT2D eigenvalue weighted by molar-refractivity contribution is -0.121. The van der Waals surface area contributed by atoms with Crippen molar-refractivity contribution in [3.05, 3.63) is 65.2 Å². The summed E-state index contributed by atoms with van der Waals surface area (Å²) in [5.74, 6) is 0.868. The average molecular weight is 391 g/mol. The van der Waals surface area contributed by atoms with Gasteiger partial charge < -0.3 is 4.90 Å². The highest BCUT2D eigenvalue weighted by Crippen LogP contribution is 2.47. The van der Waals surface area contributed by atoms with E-state index in [0.29, 0.717) is 5.92 Å². The maximum absolute atomic E-state index is 12.8. The Kier molecular flexibility index (Phi) is 5.52. The van der Waals surface area contributed by atoms with Crippen molar-refractivity contribution in [2.24, 2.45) is 5.92 Å². The number of piperidine rings is 1.